The van der Waals surface area contributed by atoms with Crippen LogP contribution in [0.1, 0.15) is 20.3 Å². The molecule has 0 aliphatic heterocycles. The van der Waals surface area contributed by atoms with E-state index < -0.39 is 10.0 Å². The van der Waals surface area contributed by atoms with Crippen molar-refractivity contribution in [3.63, 3.8) is 0 Å². The number of rotatable bonds is 8. The number of benzene rings is 1. The average molecular weight is 305 g/mol. The van der Waals surface area contributed by atoms with Crippen molar-refractivity contribution < 1.29 is 8.42 Å². The zero-order chi connectivity index (χ0) is 14.3. The summed E-state index contributed by atoms with van der Waals surface area (Å²) in [5, 5.41) is 0. The van der Waals surface area contributed by atoms with E-state index in [2.05, 4.69) is 23.5 Å². The van der Waals surface area contributed by atoms with E-state index in [9.17, 15) is 8.42 Å². The molecule has 19 heavy (non-hydrogen) atoms. The molecule has 0 aromatic heterocycles. The number of alkyl halides is 1. The number of nitrogens with one attached hydrogen (secondary N) is 1. The molecule has 1 rings (SSSR count). The van der Waals surface area contributed by atoms with E-state index in [-0.39, 0.29) is 5.75 Å². The van der Waals surface area contributed by atoms with Gasteiger partial charge < -0.3 is 4.90 Å². The summed E-state index contributed by atoms with van der Waals surface area (Å²) in [6.45, 7) is 6.03. The monoisotopic (exact) mass is 304 g/mol. The summed E-state index contributed by atoms with van der Waals surface area (Å²) in [5.41, 5.74) is 1.68. The summed E-state index contributed by atoms with van der Waals surface area (Å²) in [4.78, 5) is 2.20. The first kappa shape index (κ1) is 16.1. The summed E-state index contributed by atoms with van der Waals surface area (Å²) in [5.74, 6) is 0.399. The van der Waals surface area contributed by atoms with Crippen LogP contribution in [0.25, 0.3) is 0 Å². The molecule has 0 spiro atoms. The zero-order valence-electron chi connectivity index (χ0n) is 11.4. The fraction of sp³-hybridized carbons (Fsp3) is 0.538. The van der Waals surface area contributed by atoms with E-state index in [4.69, 9.17) is 11.6 Å². The van der Waals surface area contributed by atoms with E-state index in [0.29, 0.717) is 18.0 Å². The number of halogens is 1. The van der Waals surface area contributed by atoms with Gasteiger partial charge in [-0.15, -0.1) is 11.6 Å². The van der Waals surface area contributed by atoms with Crippen molar-refractivity contribution in [2.24, 2.45) is 0 Å². The first-order chi connectivity index (χ1) is 9.02. The maximum Gasteiger partial charge on any atom is 0.232 e. The van der Waals surface area contributed by atoms with Crippen LogP contribution in [-0.2, 0) is 10.0 Å². The number of hydrogen-bond acceptors (Lipinski definition) is 3. The lowest BCUT2D eigenvalue weighted by molar-refractivity contribution is 0.600. The third-order valence-electron chi connectivity index (χ3n) is 2.82. The predicted molar refractivity (Wildman–Crippen MR) is 82.7 cm³/mol. The third kappa shape index (κ3) is 5.28. The average Bonchev–Trinajstić information content (AvgIpc) is 2.39. The van der Waals surface area contributed by atoms with Crippen molar-refractivity contribution in [3.8, 4) is 0 Å². The quantitative estimate of drug-likeness (QED) is 0.751. The molecule has 0 aliphatic rings. The van der Waals surface area contributed by atoms with Gasteiger partial charge in [-0.1, -0.05) is 0 Å². The van der Waals surface area contributed by atoms with Crippen molar-refractivity contribution in [1.29, 1.82) is 0 Å². The van der Waals surface area contributed by atoms with Gasteiger partial charge in [0.25, 0.3) is 0 Å². The van der Waals surface area contributed by atoms with E-state index in [1.54, 1.807) is 12.1 Å². The van der Waals surface area contributed by atoms with Crippen molar-refractivity contribution >= 4 is 33.0 Å². The van der Waals surface area contributed by atoms with Crippen LogP contribution >= 0.6 is 11.6 Å². The highest BCUT2D eigenvalue weighted by molar-refractivity contribution is 7.92. The molecule has 0 saturated carbocycles. The van der Waals surface area contributed by atoms with Crippen LogP contribution in [-0.4, -0.2) is 33.1 Å². The Morgan fingerprint density at radius 3 is 2.21 bits per heavy atom. The summed E-state index contributed by atoms with van der Waals surface area (Å²) in [7, 11) is -3.29. The second kappa shape index (κ2) is 7.60. The van der Waals surface area contributed by atoms with Gasteiger partial charge in [-0.25, -0.2) is 8.42 Å². The van der Waals surface area contributed by atoms with E-state index in [1.165, 1.54) is 0 Å². The van der Waals surface area contributed by atoms with Gasteiger partial charge in [-0.3, -0.25) is 4.72 Å². The number of anilines is 2. The van der Waals surface area contributed by atoms with Crippen LogP contribution in [0.3, 0.4) is 0 Å². The van der Waals surface area contributed by atoms with Crippen molar-refractivity contribution in [2.75, 3.05) is 34.3 Å². The van der Waals surface area contributed by atoms with Gasteiger partial charge in [0.05, 0.1) is 5.75 Å². The van der Waals surface area contributed by atoms with Crippen LogP contribution in [0.2, 0.25) is 0 Å². The minimum Gasteiger partial charge on any atom is -0.372 e. The molecule has 0 bridgehead atoms. The van der Waals surface area contributed by atoms with Gasteiger partial charge in [0.2, 0.25) is 10.0 Å². The molecule has 0 fully saturated rings. The predicted octanol–water partition coefficient (Wildman–Crippen LogP) is 2.90. The van der Waals surface area contributed by atoms with Gasteiger partial charge in [0.15, 0.2) is 0 Å². The van der Waals surface area contributed by atoms with E-state index in [0.717, 1.165) is 18.8 Å². The smallest absolute Gasteiger partial charge is 0.232 e. The first-order valence-corrected chi connectivity index (χ1v) is 8.62. The Balaban J connectivity index is 2.71. The highest BCUT2D eigenvalue weighted by atomic mass is 35.5. The van der Waals surface area contributed by atoms with Gasteiger partial charge in [0, 0.05) is 30.3 Å². The summed E-state index contributed by atoms with van der Waals surface area (Å²) in [6, 6.07) is 7.41. The standard InChI is InChI=1S/C13H21ClN2O2S/c1-3-16(4-2)13-8-6-12(7-9-13)15-19(17,18)11-5-10-14/h6-9,15H,3-5,10-11H2,1-2H3. The van der Waals surface area contributed by atoms with E-state index in [1.807, 2.05) is 12.1 Å². The van der Waals surface area contributed by atoms with Crippen LogP contribution in [0, 0.1) is 0 Å². The molecule has 0 heterocycles. The maximum atomic E-state index is 11.7. The molecule has 1 aromatic rings. The Hall–Kier alpha value is -0.940. The van der Waals surface area contributed by atoms with Gasteiger partial charge in [-0.05, 0) is 44.5 Å². The highest BCUT2D eigenvalue weighted by Gasteiger charge is 2.10. The van der Waals surface area contributed by atoms with Crippen LogP contribution in [0.4, 0.5) is 11.4 Å². The summed E-state index contributed by atoms with van der Waals surface area (Å²) in [6.07, 6.45) is 0.453. The zero-order valence-corrected chi connectivity index (χ0v) is 13.0. The van der Waals surface area contributed by atoms with E-state index >= 15 is 0 Å². The molecule has 0 saturated heterocycles. The fourth-order valence-electron chi connectivity index (χ4n) is 1.80. The number of nitrogens with zero attached hydrogens (tertiary/aromatic N) is 1. The lowest BCUT2D eigenvalue weighted by Gasteiger charge is -2.21. The van der Waals surface area contributed by atoms with Crippen molar-refractivity contribution in [1.82, 2.24) is 0 Å². The maximum absolute atomic E-state index is 11.7. The first-order valence-electron chi connectivity index (χ1n) is 6.44. The highest BCUT2D eigenvalue weighted by Crippen LogP contribution is 2.18. The normalized spacial score (nSPS) is 11.3. The van der Waals surface area contributed by atoms with Gasteiger partial charge in [0.1, 0.15) is 0 Å². The Bertz CT molecular complexity index is 470. The second-order valence-corrected chi connectivity index (χ2v) is 6.40. The van der Waals surface area contributed by atoms with Crippen molar-refractivity contribution in [3.05, 3.63) is 24.3 Å². The third-order valence-corrected chi connectivity index (χ3v) is 4.46. The Kier molecular flexibility index (Phi) is 6.45. The molecule has 4 nitrogen and oxygen atoms in total. The lowest BCUT2D eigenvalue weighted by atomic mass is 10.2. The molecule has 0 atom stereocenters. The minimum atomic E-state index is -3.29. The second-order valence-electron chi connectivity index (χ2n) is 4.18. The van der Waals surface area contributed by atoms with Gasteiger partial charge >= 0.3 is 0 Å². The van der Waals surface area contributed by atoms with Crippen LogP contribution in [0.15, 0.2) is 24.3 Å². The molecule has 0 unspecified atom stereocenters. The molecular weight excluding hydrogens is 284 g/mol. The Labute approximate surface area is 120 Å². The number of hydrogen-bond donors (Lipinski definition) is 1. The molecule has 0 radical (unpaired) electrons. The molecule has 6 heteroatoms. The molecule has 0 aliphatic carbocycles. The van der Waals surface area contributed by atoms with Crippen LogP contribution in [0.5, 0.6) is 0 Å². The Morgan fingerprint density at radius 2 is 1.74 bits per heavy atom. The molecular formula is C13H21ClN2O2S. The largest absolute Gasteiger partial charge is 0.372 e. The minimum absolute atomic E-state index is 0.0499. The molecule has 0 amide bonds. The molecule has 108 valence electrons. The van der Waals surface area contributed by atoms with Crippen molar-refractivity contribution in [2.45, 2.75) is 20.3 Å². The fourth-order valence-corrected chi connectivity index (χ4v) is 3.22. The van der Waals surface area contributed by atoms with Crippen LogP contribution < -0.4 is 9.62 Å². The lowest BCUT2D eigenvalue weighted by Crippen LogP contribution is -2.21. The molecule has 1 aromatic carbocycles. The number of sulfonamides is 1. The van der Waals surface area contributed by atoms with Gasteiger partial charge in [-0.2, -0.15) is 0 Å². The summed E-state index contributed by atoms with van der Waals surface area (Å²) >= 11 is 5.50. The SMILES string of the molecule is CCN(CC)c1ccc(NS(=O)(=O)CCCCl)cc1. The Morgan fingerprint density at radius 1 is 1.16 bits per heavy atom. The topological polar surface area (TPSA) is 49.4 Å². The molecule has 1 N–H and O–H groups in total. The summed E-state index contributed by atoms with van der Waals surface area (Å²) < 4.78 is 26.0.